The zero-order valence-corrected chi connectivity index (χ0v) is 16.5. The highest BCUT2D eigenvalue weighted by atomic mass is 35.5. The number of halogens is 3. The van der Waals surface area contributed by atoms with Crippen molar-refractivity contribution >= 4 is 30.7 Å². The molecule has 1 aliphatic carbocycles. The normalized spacial score (nSPS) is 27.2. The van der Waals surface area contributed by atoms with Crippen LogP contribution in [0.15, 0.2) is 24.3 Å². The molecule has 1 saturated heterocycles. The topological polar surface area (TPSA) is 64.6 Å². The number of nitrogens with zero attached hydrogens (tertiary/aromatic N) is 1. The molecule has 148 valence electrons. The summed E-state index contributed by atoms with van der Waals surface area (Å²) < 4.78 is 13.7. The van der Waals surface area contributed by atoms with Gasteiger partial charge in [0, 0.05) is 12.1 Å². The predicted molar refractivity (Wildman–Crippen MR) is 104 cm³/mol. The highest BCUT2D eigenvalue weighted by molar-refractivity contribution is 5.85. The van der Waals surface area contributed by atoms with Crippen LogP contribution in [0.25, 0.3) is 0 Å². The zero-order chi connectivity index (χ0) is 17.1. The van der Waals surface area contributed by atoms with Crippen molar-refractivity contribution in [2.45, 2.75) is 31.5 Å². The van der Waals surface area contributed by atoms with E-state index in [1.807, 2.05) is 0 Å². The van der Waals surface area contributed by atoms with Crippen molar-refractivity contribution in [3.8, 4) is 0 Å². The summed E-state index contributed by atoms with van der Waals surface area (Å²) in [5.74, 6) is 0.682. The van der Waals surface area contributed by atoms with Gasteiger partial charge in [-0.15, -0.1) is 24.8 Å². The molecule has 3 rings (SSSR count). The minimum absolute atomic E-state index is 0. The van der Waals surface area contributed by atoms with E-state index in [2.05, 4.69) is 10.6 Å². The first-order chi connectivity index (χ1) is 11.5. The molecule has 1 heterocycles. The van der Waals surface area contributed by atoms with Crippen LogP contribution in [-0.2, 0) is 11.3 Å². The Morgan fingerprint density at radius 1 is 1.27 bits per heavy atom. The van der Waals surface area contributed by atoms with Crippen LogP contribution in [0.1, 0.15) is 18.4 Å². The van der Waals surface area contributed by atoms with Crippen molar-refractivity contribution in [3.63, 3.8) is 0 Å². The number of hydrogen-bond donors (Lipinski definition) is 3. The van der Waals surface area contributed by atoms with Gasteiger partial charge in [0.2, 0.25) is 5.91 Å². The molecule has 1 aliphatic heterocycles. The quantitative estimate of drug-likeness (QED) is 0.693. The van der Waals surface area contributed by atoms with E-state index in [4.69, 9.17) is 0 Å². The maximum atomic E-state index is 13.7. The summed E-state index contributed by atoms with van der Waals surface area (Å²) in [5, 5.41) is 16.6. The van der Waals surface area contributed by atoms with Crippen LogP contribution < -0.4 is 10.6 Å². The van der Waals surface area contributed by atoms with E-state index in [1.165, 1.54) is 6.07 Å². The van der Waals surface area contributed by atoms with Crippen LogP contribution >= 0.6 is 24.8 Å². The van der Waals surface area contributed by atoms with Gasteiger partial charge in [-0.1, -0.05) is 18.2 Å². The van der Waals surface area contributed by atoms with Gasteiger partial charge in [0.25, 0.3) is 0 Å². The lowest BCUT2D eigenvalue weighted by Gasteiger charge is -2.36. The minimum atomic E-state index is -0.480. The molecular formula is C18H28Cl2FN3O2. The van der Waals surface area contributed by atoms with Crippen LogP contribution in [0.2, 0.25) is 0 Å². The third kappa shape index (κ3) is 5.79. The van der Waals surface area contributed by atoms with Crippen molar-refractivity contribution in [3.05, 3.63) is 35.6 Å². The first-order valence-electron chi connectivity index (χ1n) is 8.63. The Balaban J connectivity index is 0.00000169. The van der Waals surface area contributed by atoms with Crippen molar-refractivity contribution in [1.29, 1.82) is 0 Å². The number of benzene rings is 1. The predicted octanol–water partition coefficient (Wildman–Crippen LogP) is 1.58. The number of aliphatic hydroxyl groups excluding tert-OH is 1. The number of rotatable bonds is 5. The summed E-state index contributed by atoms with van der Waals surface area (Å²) in [6.07, 6.45) is 1.09. The van der Waals surface area contributed by atoms with Gasteiger partial charge < -0.3 is 15.7 Å². The number of carbonyl (C=O) groups excluding carboxylic acids is 1. The summed E-state index contributed by atoms with van der Waals surface area (Å²) in [7, 11) is 1.79. The Morgan fingerprint density at radius 3 is 2.62 bits per heavy atom. The van der Waals surface area contributed by atoms with Gasteiger partial charge in [0.1, 0.15) is 5.82 Å². The number of likely N-dealkylation sites (N-methyl/N-ethyl adjacent to an activating group) is 1. The molecule has 2 aliphatic rings. The molecule has 5 nitrogen and oxygen atoms in total. The van der Waals surface area contributed by atoms with Gasteiger partial charge in [-0.25, -0.2) is 4.39 Å². The summed E-state index contributed by atoms with van der Waals surface area (Å²) in [5.41, 5.74) is 0.574. The van der Waals surface area contributed by atoms with Gasteiger partial charge in [-0.3, -0.25) is 9.69 Å². The highest BCUT2D eigenvalue weighted by Gasteiger charge is 2.39. The summed E-state index contributed by atoms with van der Waals surface area (Å²) >= 11 is 0. The lowest BCUT2D eigenvalue weighted by molar-refractivity contribution is -0.124. The fourth-order valence-electron chi connectivity index (χ4n) is 3.92. The van der Waals surface area contributed by atoms with E-state index in [0.29, 0.717) is 23.9 Å². The van der Waals surface area contributed by atoms with Gasteiger partial charge in [-0.2, -0.15) is 0 Å². The SMILES string of the molecule is CN(CC(=O)N[C@H]1C[C@H]2CNC[C@H]2C[C@@H]1O)Cc1ccccc1F.Cl.Cl. The van der Waals surface area contributed by atoms with Crippen molar-refractivity contribution in [2.75, 3.05) is 26.7 Å². The van der Waals surface area contributed by atoms with E-state index < -0.39 is 6.10 Å². The van der Waals surface area contributed by atoms with E-state index in [9.17, 15) is 14.3 Å². The van der Waals surface area contributed by atoms with Gasteiger partial charge in [0.15, 0.2) is 0 Å². The molecule has 1 amide bonds. The van der Waals surface area contributed by atoms with Crippen LogP contribution in [0, 0.1) is 17.7 Å². The number of amides is 1. The number of nitrogens with one attached hydrogen (secondary N) is 2. The van der Waals surface area contributed by atoms with Gasteiger partial charge >= 0.3 is 0 Å². The Labute approximate surface area is 166 Å². The molecule has 26 heavy (non-hydrogen) atoms. The summed E-state index contributed by atoms with van der Waals surface area (Å²) in [6, 6.07) is 6.41. The van der Waals surface area contributed by atoms with Crippen LogP contribution in [-0.4, -0.2) is 54.7 Å². The van der Waals surface area contributed by atoms with E-state index in [-0.39, 0.29) is 49.1 Å². The molecule has 1 aromatic carbocycles. The molecular weight excluding hydrogens is 380 g/mol. The second kappa shape index (κ2) is 10.4. The van der Waals surface area contributed by atoms with Gasteiger partial charge in [0.05, 0.1) is 18.7 Å². The Hall–Kier alpha value is -0.920. The molecule has 4 atom stereocenters. The van der Waals surface area contributed by atoms with E-state index in [1.54, 1.807) is 30.1 Å². The van der Waals surface area contributed by atoms with Gasteiger partial charge in [-0.05, 0) is 50.9 Å². The molecule has 3 N–H and O–H groups in total. The average molecular weight is 408 g/mol. The van der Waals surface area contributed by atoms with Crippen molar-refractivity contribution in [1.82, 2.24) is 15.5 Å². The molecule has 0 unspecified atom stereocenters. The maximum absolute atomic E-state index is 13.7. The molecule has 1 aromatic rings. The smallest absolute Gasteiger partial charge is 0.234 e. The number of aliphatic hydroxyl groups is 1. The van der Waals surface area contributed by atoms with Crippen LogP contribution in [0.3, 0.4) is 0 Å². The largest absolute Gasteiger partial charge is 0.391 e. The Kier molecular flexibility index (Phi) is 9.27. The molecule has 0 aromatic heterocycles. The summed E-state index contributed by atoms with van der Waals surface area (Å²) in [4.78, 5) is 14.0. The molecule has 8 heteroatoms. The first kappa shape index (κ1) is 23.1. The molecule has 0 spiro atoms. The Morgan fingerprint density at radius 2 is 1.92 bits per heavy atom. The Bertz CT molecular complexity index is 593. The zero-order valence-electron chi connectivity index (χ0n) is 14.9. The van der Waals surface area contributed by atoms with Crippen LogP contribution in [0.4, 0.5) is 4.39 Å². The standard InChI is InChI=1S/C18H26FN3O2.2ClH/c1-22(10-12-4-2-3-5-15(12)19)11-18(24)21-16-6-13-8-20-9-14(13)7-17(16)23;;/h2-5,13-14,16-17,20,23H,6-11H2,1H3,(H,21,24);2*1H/t13-,14+,16-,17-;;/m0../s1. The second-order valence-corrected chi connectivity index (χ2v) is 7.15. The minimum Gasteiger partial charge on any atom is -0.391 e. The van der Waals surface area contributed by atoms with Crippen LogP contribution in [0.5, 0.6) is 0 Å². The summed E-state index contributed by atoms with van der Waals surface area (Å²) in [6.45, 7) is 2.50. The first-order valence-corrected chi connectivity index (χ1v) is 8.63. The number of carbonyl (C=O) groups is 1. The molecule has 0 bridgehead atoms. The van der Waals surface area contributed by atoms with Crippen molar-refractivity contribution < 1.29 is 14.3 Å². The maximum Gasteiger partial charge on any atom is 0.234 e. The molecule has 2 fully saturated rings. The average Bonchev–Trinajstić information content (AvgIpc) is 2.97. The monoisotopic (exact) mass is 407 g/mol. The molecule has 0 radical (unpaired) electrons. The third-order valence-corrected chi connectivity index (χ3v) is 5.20. The number of fused-ring (bicyclic) bond motifs is 1. The van der Waals surface area contributed by atoms with E-state index >= 15 is 0 Å². The fourth-order valence-corrected chi connectivity index (χ4v) is 3.92. The lowest BCUT2D eigenvalue weighted by Crippen LogP contribution is -2.51. The second-order valence-electron chi connectivity index (χ2n) is 7.15. The third-order valence-electron chi connectivity index (χ3n) is 5.20. The fraction of sp³-hybridized carbons (Fsp3) is 0.611. The highest BCUT2D eigenvalue weighted by Crippen LogP contribution is 2.32. The van der Waals surface area contributed by atoms with Crippen molar-refractivity contribution in [2.24, 2.45) is 11.8 Å². The molecule has 1 saturated carbocycles. The number of hydrogen-bond acceptors (Lipinski definition) is 4. The van der Waals surface area contributed by atoms with E-state index in [0.717, 1.165) is 25.9 Å². The lowest BCUT2D eigenvalue weighted by atomic mass is 9.77.